The number of nitrogens with zero attached hydrogens (tertiary/aromatic N) is 1. The lowest BCUT2D eigenvalue weighted by Crippen LogP contribution is -2.44. The molecule has 0 spiro atoms. The Kier molecular flexibility index (Phi) is 4.00. The first-order valence-electron chi connectivity index (χ1n) is 7.41. The van der Waals surface area contributed by atoms with Crippen molar-refractivity contribution in [3.8, 4) is 0 Å². The summed E-state index contributed by atoms with van der Waals surface area (Å²) in [6.07, 6.45) is 1.43. The highest BCUT2D eigenvalue weighted by molar-refractivity contribution is 6.05. The summed E-state index contributed by atoms with van der Waals surface area (Å²) in [6.45, 7) is 10.8. The summed E-state index contributed by atoms with van der Waals surface area (Å²) in [6, 6.07) is 0. The second-order valence-electron chi connectivity index (χ2n) is 6.79. The van der Waals surface area contributed by atoms with Gasteiger partial charge in [-0.3, -0.25) is 14.5 Å². The summed E-state index contributed by atoms with van der Waals surface area (Å²) in [5.41, 5.74) is -0.493. The summed E-state index contributed by atoms with van der Waals surface area (Å²) in [4.78, 5) is 26.3. The van der Waals surface area contributed by atoms with E-state index in [1.165, 1.54) is 4.90 Å². The Morgan fingerprint density at radius 2 is 2.11 bits per heavy atom. The van der Waals surface area contributed by atoms with Crippen molar-refractivity contribution in [2.24, 2.45) is 23.2 Å². The van der Waals surface area contributed by atoms with Crippen LogP contribution in [0.5, 0.6) is 0 Å². The molecule has 0 radical (unpaired) electrons. The number of nitrogens with one attached hydrogen (secondary N) is 1. The van der Waals surface area contributed by atoms with Crippen LogP contribution < -0.4 is 5.32 Å². The zero-order valence-electron chi connectivity index (χ0n) is 12.5. The largest absolute Gasteiger partial charge is 0.316 e. The lowest BCUT2D eigenvalue weighted by atomic mass is 9.77. The van der Waals surface area contributed by atoms with Crippen LogP contribution in [0, 0.1) is 23.2 Å². The molecule has 0 aromatic heterocycles. The van der Waals surface area contributed by atoms with E-state index in [9.17, 15) is 9.59 Å². The maximum atomic E-state index is 12.5. The Morgan fingerprint density at radius 1 is 1.42 bits per heavy atom. The zero-order chi connectivity index (χ0) is 14.2. The third-order valence-corrected chi connectivity index (χ3v) is 5.21. The van der Waals surface area contributed by atoms with Crippen LogP contribution in [0.15, 0.2) is 0 Å². The predicted octanol–water partition coefficient (Wildman–Crippen LogP) is 1.65. The van der Waals surface area contributed by atoms with Crippen molar-refractivity contribution in [1.29, 1.82) is 0 Å². The van der Waals surface area contributed by atoms with Crippen LogP contribution in [-0.2, 0) is 9.59 Å². The van der Waals surface area contributed by atoms with Gasteiger partial charge >= 0.3 is 0 Å². The smallest absolute Gasteiger partial charge is 0.235 e. The highest BCUT2D eigenvalue weighted by Crippen LogP contribution is 2.40. The first kappa shape index (κ1) is 14.5. The molecule has 2 aliphatic heterocycles. The van der Waals surface area contributed by atoms with Crippen LogP contribution in [0.3, 0.4) is 0 Å². The van der Waals surface area contributed by atoms with Gasteiger partial charge in [-0.1, -0.05) is 20.8 Å². The number of hydrogen-bond acceptors (Lipinski definition) is 3. The molecule has 4 nitrogen and oxygen atoms in total. The summed E-state index contributed by atoms with van der Waals surface area (Å²) >= 11 is 0. The third kappa shape index (κ3) is 2.55. The second kappa shape index (κ2) is 5.23. The molecule has 1 N–H and O–H groups in total. The number of carbonyl (C=O) groups is 2. The number of likely N-dealkylation sites (tertiary alicyclic amines) is 1. The number of hydrogen-bond donors (Lipinski definition) is 1. The zero-order valence-corrected chi connectivity index (χ0v) is 12.5. The van der Waals surface area contributed by atoms with E-state index < -0.39 is 5.41 Å². The number of rotatable bonds is 3. The normalized spacial score (nSPS) is 36.4. The maximum Gasteiger partial charge on any atom is 0.235 e. The summed E-state index contributed by atoms with van der Waals surface area (Å²) in [5.74, 6) is 1.24. The van der Waals surface area contributed by atoms with E-state index >= 15 is 0 Å². The Bertz CT molecular complexity index is 380. The summed E-state index contributed by atoms with van der Waals surface area (Å²) in [7, 11) is 0. The van der Waals surface area contributed by atoms with Crippen molar-refractivity contribution >= 4 is 11.8 Å². The summed E-state index contributed by atoms with van der Waals surface area (Å²) in [5, 5.41) is 3.36. The van der Waals surface area contributed by atoms with E-state index in [0.29, 0.717) is 24.8 Å². The molecular formula is C15H26N2O2. The minimum absolute atomic E-state index is 0.0203. The van der Waals surface area contributed by atoms with Gasteiger partial charge in [0.25, 0.3) is 0 Å². The number of amides is 2. The molecule has 3 atom stereocenters. The average Bonchev–Trinajstić information content (AvgIpc) is 2.57. The molecule has 0 aliphatic carbocycles. The van der Waals surface area contributed by atoms with E-state index in [-0.39, 0.29) is 17.7 Å². The molecule has 2 rings (SSSR count). The molecule has 2 amide bonds. The van der Waals surface area contributed by atoms with Crippen LogP contribution in [0.2, 0.25) is 0 Å². The number of carbonyl (C=O) groups excluding carboxylic acids is 2. The standard InChI is InChI=1S/C15H26N2O2/c1-10(2)15(4)7-13(18)17(14(15)19)9-12-5-6-16-8-11(12)3/h10-12,16H,5-9H2,1-4H3. The fourth-order valence-electron chi connectivity index (χ4n) is 3.12. The lowest BCUT2D eigenvalue weighted by Gasteiger charge is -2.33. The van der Waals surface area contributed by atoms with E-state index in [2.05, 4.69) is 12.2 Å². The third-order valence-electron chi connectivity index (χ3n) is 5.21. The van der Waals surface area contributed by atoms with E-state index in [4.69, 9.17) is 0 Å². The molecule has 0 bridgehead atoms. The van der Waals surface area contributed by atoms with Gasteiger partial charge < -0.3 is 5.32 Å². The molecule has 3 unspecified atom stereocenters. The Labute approximate surface area is 115 Å². The van der Waals surface area contributed by atoms with Gasteiger partial charge in [0.15, 0.2) is 0 Å². The van der Waals surface area contributed by atoms with Crippen molar-refractivity contribution in [3.05, 3.63) is 0 Å². The van der Waals surface area contributed by atoms with Crippen molar-refractivity contribution < 1.29 is 9.59 Å². The van der Waals surface area contributed by atoms with Gasteiger partial charge in [0, 0.05) is 13.0 Å². The van der Waals surface area contributed by atoms with Crippen LogP contribution in [0.25, 0.3) is 0 Å². The number of piperidine rings is 1. The Hall–Kier alpha value is -0.900. The molecule has 19 heavy (non-hydrogen) atoms. The van der Waals surface area contributed by atoms with Crippen molar-refractivity contribution in [3.63, 3.8) is 0 Å². The highest BCUT2D eigenvalue weighted by Gasteiger charge is 2.50. The molecule has 0 aromatic carbocycles. The van der Waals surface area contributed by atoms with E-state index in [1.54, 1.807) is 0 Å². The minimum atomic E-state index is -0.493. The van der Waals surface area contributed by atoms with Crippen LogP contribution in [0.4, 0.5) is 0 Å². The molecule has 108 valence electrons. The predicted molar refractivity (Wildman–Crippen MR) is 74.4 cm³/mol. The SMILES string of the molecule is CC1CNCCC1CN1C(=O)CC(C)(C(C)C)C1=O. The highest BCUT2D eigenvalue weighted by atomic mass is 16.2. The van der Waals surface area contributed by atoms with Gasteiger partial charge in [-0.15, -0.1) is 0 Å². The molecular weight excluding hydrogens is 240 g/mol. The first-order chi connectivity index (χ1) is 8.86. The van der Waals surface area contributed by atoms with Gasteiger partial charge in [0.05, 0.1) is 5.41 Å². The van der Waals surface area contributed by atoms with Crippen LogP contribution in [0.1, 0.15) is 40.5 Å². The van der Waals surface area contributed by atoms with Crippen LogP contribution in [-0.4, -0.2) is 36.3 Å². The van der Waals surface area contributed by atoms with Crippen LogP contribution >= 0.6 is 0 Å². The number of imide groups is 1. The van der Waals surface area contributed by atoms with Gasteiger partial charge in [-0.05, 0) is 44.2 Å². The molecule has 2 saturated heterocycles. The Balaban J connectivity index is 2.08. The minimum Gasteiger partial charge on any atom is -0.316 e. The van der Waals surface area contributed by atoms with Gasteiger partial charge in [0.2, 0.25) is 11.8 Å². The van der Waals surface area contributed by atoms with Crippen molar-refractivity contribution in [2.45, 2.75) is 40.5 Å². The quantitative estimate of drug-likeness (QED) is 0.790. The van der Waals surface area contributed by atoms with Crippen molar-refractivity contribution in [2.75, 3.05) is 19.6 Å². The van der Waals surface area contributed by atoms with E-state index in [0.717, 1.165) is 19.5 Å². The summed E-state index contributed by atoms with van der Waals surface area (Å²) < 4.78 is 0. The maximum absolute atomic E-state index is 12.5. The Morgan fingerprint density at radius 3 is 2.63 bits per heavy atom. The molecule has 4 heteroatoms. The molecule has 0 saturated carbocycles. The van der Waals surface area contributed by atoms with Gasteiger partial charge in [-0.2, -0.15) is 0 Å². The van der Waals surface area contributed by atoms with Gasteiger partial charge in [-0.25, -0.2) is 0 Å². The average molecular weight is 266 g/mol. The second-order valence-corrected chi connectivity index (χ2v) is 6.79. The molecule has 2 fully saturated rings. The molecule has 2 heterocycles. The van der Waals surface area contributed by atoms with Gasteiger partial charge in [0.1, 0.15) is 0 Å². The topological polar surface area (TPSA) is 49.4 Å². The van der Waals surface area contributed by atoms with E-state index in [1.807, 2.05) is 20.8 Å². The molecule has 0 aromatic rings. The first-order valence-corrected chi connectivity index (χ1v) is 7.41. The fourth-order valence-corrected chi connectivity index (χ4v) is 3.12. The lowest BCUT2D eigenvalue weighted by molar-refractivity contribution is -0.143. The fraction of sp³-hybridized carbons (Fsp3) is 0.867. The monoisotopic (exact) mass is 266 g/mol. The van der Waals surface area contributed by atoms with Crippen molar-refractivity contribution in [1.82, 2.24) is 10.2 Å². The molecule has 2 aliphatic rings.